The van der Waals surface area contributed by atoms with E-state index in [0.717, 1.165) is 12.8 Å². The second-order valence-electron chi connectivity index (χ2n) is 5.62. The summed E-state index contributed by atoms with van der Waals surface area (Å²) in [6.45, 7) is 2.00. The van der Waals surface area contributed by atoms with Crippen LogP contribution in [0.25, 0.3) is 0 Å². The van der Waals surface area contributed by atoms with Crippen molar-refractivity contribution in [3.63, 3.8) is 0 Å². The molecule has 2 aliphatic heterocycles. The van der Waals surface area contributed by atoms with Crippen LogP contribution in [0, 0.1) is 0 Å². The third kappa shape index (κ3) is 2.61. The molecule has 2 atom stereocenters. The molecular weight excluding hydrogens is 300 g/mol. The van der Waals surface area contributed by atoms with Gasteiger partial charge in [0.1, 0.15) is 6.23 Å². The topological polar surface area (TPSA) is 77.1 Å². The van der Waals surface area contributed by atoms with Crippen molar-refractivity contribution < 1.29 is 23.8 Å². The predicted octanol–water partition coefficient (Wildman–Crippen LogP) is 1.62. The van der Waals surface area contributed by atoms with Crippen LogP contribution in [0.4, 0.5) is 5.69 Å². The SMILES string of the molecule is COc1ccc2c(c1OC(C)=O)NC(OC)C1CCCN1C2=O. The minimum absolute atomic E-state index is 0.0453. The van der Waals surface area contributed by atoms with Gasteiger partial charge in [0.15, 0.2) is 11.5 Å². The Kier molecular flexibility index (Phi) is 4.12. The number of hydrogen-bond donors (Lipinski definition) is 1. The van der Waals surface area contributed by atoms with E-state index in [0.29, 0.717) is 23.5 Å². The maximum Gasteiger partial charge on any atom is 0.308 e. The van der Waals surface area contributed by atoms with E-state index in [1.807, 2.05) is 4.90 Å². The van der Waals surface area contributed by atoms with E-state index in [-0.39, 0.29) is 23.9 Å². The number of anilines is 1. The van der Waals surface area contributed by atoms with E-state index < -0.39 is 5.97 Å². The molecule has 0 aromatic heterocycles. The summed E-state index contributed by atoms with van der Waals surface area (Å²) < 4.78 is 16.1. The van der Waals surface area contributed by atoms with Gasteiger partial charge in [-0.25, -0.2) is 0 Å². The molecule has 124 valence electrons. The van der Waals surface area contributed by atoms with E-state index in [1.165, 1.54) is 14.0 Å². The first-order chi connectivity index (χ1) is 11.1. The molecule has 0 aliphatic carbocycles. The van der Waals surface area contributed by atoms with Crippen LogP contribution >= 0.6 is 0 Å². The second kappa shape index (κ2) is 6.08. The molecule has 23 heavy (non-hydrogen) atoms. The van der Waals surface area contributed by atoms with Gasteiger partial charge in [0.25, 0.3) is 5.91 Å². The van der Waals surface area contributed by atoms with Crippen molar-refractivity contribution >= 4 is 17.6 Å². The third-order valence-corrected chi connectivity index (χ3v) is 4.27. The Bertz CT molecular complexity index is 646. The zero-order chi connectivity index (χ0) is 16.6. The number of benzene rings is 1. The van der Waals surface area contributed by atoms with E-state index in [2.05, 4.69) is 5.32 Å². The maximum atomic E-state index is 12.9. The number of rotatable bonds is 3. The molecular formula is C16H20N2O5. The predicted molar refractivity (Wildman–Crippen MR) is 82.8 cm³/mol. The van der Waals surface area contributed by atoms with Gasteiger partial charge in [0, 0.05) is 20.6 Å². The zero-order valence-corrected chi connectivity index (χ0v) is 13.4. The molecule has 7 heteroatoms. The summed E-state index contributed by atoms with van der Waals surface area (Å²) in [4.78, 5) is 26.1. The highest BCUT2D eigenvalue weighted by atomic mass is 16.6. The van der Waals surface area contributed by atoms with Crippen LogP contribution < -0.4 is 14.8 Å². The minimum atomic E-state index is -0.482. The Morgan fingerprint density at radius 2 is 2.13 bits per heavy atom. The molecule has 1 N–H and O–H groups in total. The highest BCUT2D eigenvalue weighted by Gasteiger charge is 2.40. The molecule has 1 saturated heterocycles. The molecule has 0 radical (unpaired) electrons. The molecule has 7 nitrogen and oxygen atoms in total. The zero-order valence-electron chi connectivity index (χ0n) is 13.4. The average molecular weight is 320 g/mol. The number of hydrogen-bond acceptors (Lipinski definition) is 6. The lowest BCUT2D eigenvalue weighted by molar-refractivity contribution is -0.131. The minimum Gasteiger partial charge on any atom is -0.493 e. The van der Waals surface area contributed by atoms with Crippen molar-refractivity contribution in [1.29, 1.82) is 0 Å². The van der Waals surface area contributed by atoms with Gasteiger partial charge in [-0.1, -0.05) is 0 Å². The first-order valence-corrected chi connectivity index (χ1v) is 7.56. The van der Waals surface area contributed by atoms with Crippen molar-refractivity contribution in [3.8, 4) is 11.5 Å². The summed E-state index contributed by atoms with van der Waals surface area (Å²) in [6.07, 6.45) is 1.44. The van der Waals surface area contributed by atoms with Crippen LogP contribution in [-0.4, -0.2) is 49.8 Å². The van der Waals surface area contributed by atoms with E-state index >= 15 is 0 Å². The highest BCUT2D eigenvalue weighted by Crippen LogP contribution is 2.42. The van der Waals surface area contributed by atoms with Gasteiger partial charge in [0.2, 0.25) is 0 Å². The van der Waals surface area contributed by atoms with Crippen LogP contribution in [0.1, 0.15) is 30.1 Å². The lowest BCUT2D eigenvalue weighted by Gasteiger charge is -2.28. The van der Waals surface area contributed by atoms with Gasteiger partial charge in [-0.05, 0) is 25.0 Å². The molecule has 1 aromatic carbocycles. The van der Waals surface area contributed by atoms with Crippen molar-refractivity contribution in [2.24, 2.45) is 0 Å². The number of esters is 1. The molecule has 0 bridgehead atoms. The summed E-state index contributed by atoms with van der Waals surface area (Å²) in [5, 5.41) is 3.22. The number of ether oxygens (including phenoxy) is 3. The van der Waals surface area contributed by atoms with Crippen molar-refractivity contribution in [2.45, 2.75) is 32.0 Å². The first kappa shape index (κ1) is 15.6. The van der Waals surface area contributed by atoms with Crippen molar-refractivity contribution in [1.82, 2.24) is 4.90 Å². The van der Waals surface area contributed by atoms with Gasteiger partial charge in [-0.15, -0.1) is 0 Å². The summed E-state index contributed by atoms with van der Waals surface area (Å²) in [5.41, 5.74) is 0.888. The molecule has 0 spiro atoms. The fourth-order valence-electron chi connectivity index (χ4n) is 3.26. The van der Waals surface area contributed by atoms with E-state index in [9.17, 15) is 9.59 Å². The van der Waals surface area contributed by atoms with Crippen LogP contribution in [0.3, 0.4) is 0 Å². The van der Waals surface area contributed by atoms with Crippen LogP contribution in [0.2, 0.25) is 0 Å². The molecule has 3 rings (SSSR count). The second-order valence-corrected chi connectivity index (χ2v) is 5.62. The van der Waals surface area contributed by atoms with Gasteiger partial charge < -0.3 is 24.4 Å². The lowest BCUT2D eigenvalue weighted by atomic mass is 10.1. The Hall–Kier alpha value is -2.28. The Morgan fingerprint density at radius 1 is 1.35 bits per heavy atom. The largest absolute Gasteiger partial charge is 0.493 e. The van der Waals surface area contributed by atoms with Gasteiger partial charge in [0.05, 0.1) is 24.4 Å². The standard InChI is InChI=1S/C16H20N2O5/c1-9(19)23-14-12(21-2)7-6-10-13(14)17-15(22-3)11-5-4-8-18(11)16(10)20/h6-7,11,15,17H,4-5,8H2,1-3H3. The lowest BCUT2D eigenvalue weighted by Crippen LogP contribution is -2.44. The smallest absolute Gasteiger partial charge is 0.308 e. The van der Waals surface area contributed by atoms with E-state index in [4.69, 9.17) is 14.2 Å². The average Bonchev–Trinajstić information content (AvgIpc) is 2.97. The van der Waals surface area contributed by atoms with Gasteiger partial charge in [-0.3, -0.25) is 9.59 Å². The summed E-state index contributed by atoms with van der Waals surface area (Å²) in [6, 6.07) is 3.27. The molecule has 1 amide bonds. The number of nitrogens with one attached hydrogen (secondary N) is 1. The monoisotopic (exact) mass is 320 g/mol. The van der Waals surface area contributed by atoms with Crippen LogP contribution in [0.15, 0.2) is 12.1 Å². The number of methoxy groups -OCH3 is 2. The molecule has 2 heterocycles. The molecule has 2 unspecified atom stereocenters. The van der Waals surface area contributed by atoms with Crippen LogP contribution in [0.5, 0.6) is 11.5 Å². The number of amides is 1. The number of carbonyl (C=O) groups is 2. The molecule has 1 aromatic rings. The molecule has 2 aliphatic rings. The molecule has 0 saturated carbocycles. The number of fused-ring (bicyclic) bond motifs is 2. The van der Waals surface area contributed by atoms with E-state index in [1.54, 1.807) is 19.2 Å². The Labute approximate surface area is 134 Å². The fourth-order valence-corrected chi connectivity index (χ4v) is 3.26. The van der Waals surface area contributed by atoms with Gasteiger partial charge >= 0.3 is 5.97 Å². The summed E-state index contributed by atoms with van der Waals surface area (Å²) in [5.74, 6) is 0.0282. The van der Waals surface area contributed by atoms with Crippen LogP contribution in [-0.2, 0) is 9.53 Å². The number of nitrogens with zero attached hydrogens (tertiary/aromatic N) is 1. The first-order valence-electron chi connectivity index (χ1n) is 7.56. The highest BCUT2D eigenvalue weighted by molar-refractivity contribution is 6.03. The Balaban J connectivity index is 2.14. The normalized spacial score (nSPS) is 22.7. The summed E-state index contributed by atoms with van der Waals surface area (Å²) in [7, 11) is 3.08. The number of carbonyl (C=O) groups excluding carboxylic acids is 2. The van der Waals surface area contributed by atoms with Crippen molar-refractivity contribution in [2.75, 3.05) is 26.1 Å². The van der Waals surface area contributed by atoms with Crippen molar-refractivity contribution in [3.05, 3.63) is 17.7 Å². The summed E-state index contributed by atoms with van der Waals surface area (Å²) >= 11 is 0. The maximum absolute atomic E-state index is 12.9. The molecule has 1 fully saturated rings. The quantitative estimate of drug-likeness (QED) is 0.674. The third-order valence-electron chi connectivity index (χ3n) is 4.27. The van der Waals surface area contributed by atoms with Gasteiger partial charge in [-0.2, -0.15) is 0 Å². The fraction of sp³-hybridized carbons (Fsp3) is 0.500. The Morgan fingerprint density at radius 3 is 2.78 bits per heavy atom.